The second-order valence-corrected chi connectivity index (χ2v) is 7.56. The van der Waals surface area contributed by atoms with Gasteiger partial charge in [-0.05, 0) is 43.7 Å². The standard InChI is InChI=1S/C26H30N2O3/c1-5-31-24-16-15-20(17-25(24)30-4)18-28(3)19(2)26(29)27-23-14-10-9-13-22(23)21-11-7-6-8-12-21/h6-17,19H,5,18H2,1-4H3,(H,27,29)/p+1/t19-/m0/s1. The summed E-state index contributed by atoms with van der Waals surface area (Å²) in [5.74, 6) is 1.43. The van der Waals surface area contributed by atoms with Crippen molar-refractivity contribution in [2.75, 3.05) is 26.1 Å². The Morgan fingerprint density at radius 2 is 1.71 bits per heavy atom. The van der Waals surface area contributed by atoms with Crippen LogP contribution in [0.3, 0.4) is 0 Å². The molecule has 1 amide bonds. The van der Waals surface area contributed by atoms with Gasteiger partial charge in [0.2, 0.25) is 0 Å². The van der Waals surface area contributed by atoms with Crippen LogP contribution in [0.15, 0.2) is 72.8 Å². The summed E-state index contributed by atoms with van der Waals surface area (Å²) < 4.78 is 11.0. The highest BCUT2D eigenvalue weighted by Crippen LogP contribution is 2.28. The molecule has 0 radical (unpaired) electrons. The maximum atomic E-state index is 13.0. The molecule has 0 bridgehead atoms. The third-order valence-electron chi connectivity index (χ3n) is 5.41. The molecule has 5 nitrogen and oxygen atoms in total. The summed E-state index contributed by atoms with van der Waals surface area (Å²) in [7, 11) is 3.66. The highest BCUT2D eigenvalue weighted by Gasteiger charge is 2.23. The molecular formula is C26H31N2O3+. The van der Waals surface area contributed by atoms with Gasteiger partial charge >= 0.3 is 0 Å². The number of carbonyl (C=O) groups is 1. The maximum Gasteiger partial charge on any atom is 0.282 e. The fourth-order valence-corrected chi connectivity index (χ4v) is 3.50. The molecule has 0 heterocycles. The van der Waals surface area contributed by atoms with Gasteiger partial charge in [-0.1, -0.05) is 48.5 Å². The molecule has 162 valence electrons. The highest BCUT2D eigenvalue weighted by atomic mass is 16.5. The molecular weight excluding hydrogens is 388 g/mol. The first-order chi connectivity index (χ1) is 15.0. The summed E-state index contributed by atoms with van der Waals surface area (Å²) in [6, 6.07) is 23.7. The molecule has 0 fully saturated rings. The number of hydrogen-bond donors (Lipinski definition) is 2. The molecule has 3 rings (SSSR count). The van der Waals surface area contributed by atoms with E-state index in [1.807, 2.05) is 93.7 Å². The van der Waals surface area contributed by atoms with Crippen LogP contribution in [0.1, 0.15) is 19.4 Å². The van der Waals surface area contributed by atoms with Crippen molar-refractivity contribution in [1.82, 2.24) is 0 Å². The molecule has 2 atom stereocenters. The van der Waals surface area contributed by atoms with Gasteiger partial charge in [0.05, 0.1) is 20.8 Å². The number of anilines is 1. The van der Waals surface area contributed by atoms with Crippen LogP contribution in [-0.4, -0.2) is 32.7 Å². The fourth-order valence-electron chi connectivity index (χ4n) is 3.50. The molecule has 0 aromatic heterocycles. The zero-order valence-corrected chi connectivity index (χ0v) is 18.6. The Kier molecular flexibility index (Phi) is 7.68. The Morgan fingerprint density at radius 3 is 2.42 bits per heavy atom. The van der Waals surface area contributed by atoms with Gasteiger partial charge in [0, 0.05) is 16.8 Å². The van der Waals surface area contributed by atoms with Gasteiger partial charge in [-0.15, -0.1) is 0 Å². The minimum absolute atomic E-state index is 0.0150. The summed E-state index contributed by atoms with van der Waals surface area (Å²) in [6.45, 7) is 5.17. The number of likely N-dealkylation sites (N-methyl/N-ethyl adjacent to an activating group) is 1. The van der Waals surface area contributed by atoms with E-state index in [1.165, 1.54) is 0 Å². The molecule has 1 unspecified atom stereocenters. The van der Waals surface area contributed by atoms with E-state index >= 15 is 0 Å². The van der Waals surface area contributed by atoms with Crippen LogP contribution in [0.4, 0.5) is 5.69 Å². The summed E-state index contributed by atoms with van der Waals surface area (Å²) in [5, 5.41) is 3.12. The van der Waals surface area contributed by atoms with E-state index in [1.54, 1.807) is 7.11 Å². The van der Waals surface area contributed by atoms with Crippen molar-refractivity contribution in [3.63, 3.8) is 0 Å². The van der Waals surface area contributed by atoms with Crippen molar-refractivity contribution >= 4 is 11.6 Å². The zero-order chi connectivity index (χ0) is 22.2. The van der Waals surface area contributed by atoms with Gasteiger partial charge in [0.25, 0.3) is 5.91 Å². The lowest BCUT2D eigenvalue weighted by Crippen LogP contribution is -3.12. The Balaban J connectivity index is 1.70. The van der Waals surface area contributed by atoms with Crippen LogP contribution in [0.2, 0.25) is 0 Å². The summed E-state index contributed by atoms with van der Waals surface area (Å²) in [6.07, 6.45) is 0. The van der Waals surface area contributed by atoms with Gasteiger partial charge in [0.1, 0.15) is 6.54 Å². The van der Waals surface area contributed by atoms with Crippen molar-refractivity contribution in [3.05, 3.63) is 78.4 Å². The third-order valence-corrected chi connectivity index (χ3v) is 5.41. The van der Waals surface area contributed by atoms with E-state index in [0.717, 1.165) is 33.0 Å². The predicted octanol–water partition coefficient (Wildman–Crippen LogP) is 3.80. The quantitative estimate of drug-likeness (QED) is 0.555. The average molecular weight is 420 g/mol. The normalized spacial score (nSPS) is 12.6. The van der Waals surface area contributed by atoms with Crippen molar-refractivity contribution in [3.8, 4) is 22.6 Å². The lowest BCUT2D eigenvalue weighted by molar-refractivity contribution is -0.907. The molecule has 3 aromatic rings. The number of carbonyl (C=O) groups excluding carboxylic acids is 1. The van der Waals surface area contributed by atoms with E-state index < -0.39 is 0 Å². The van der Waals surface area contributed by atoms with Crippen molar-refractivity contribution in [2.45, 2.75) is 26.4 Å². The van der Waals surface area contributed by atoms with Crippen molar-refractivity contribution in [1.29, 1.82) is 0 Å². The molecule has 0 aliphatic carbocycles. The minimum atomic E-state index is -0.235. The number of quaternary nitrogens is 1. The number of amides is 1. The lowest BCUT2D eigenvalue weighted by Gasteiger charge is -2.22. The number of rotatable bonds is 9. The topological polar surface area (TPSA) is 52.0 Å². The van der Waals surface area contributed by atoms with Crippen LogP contribution in [0.25, 0.3) is 11.1 Å². The molecule has 31 heavy (non-hydrogen) atoms. The largest absolute Gasteiger partial charge is 0.493 e. The maximum absolute atomic E-state index is 13.0. The van der Waals surface area contributed by atoms with E-state index in [0.29, 0.717) is 18.9 Å². The Hall–Kier alpha value is -3.31. The first-order valence-corrected chi connectivity index (χ1v) is 10.6. The molecule has 5 heteroatoms. The fraction of sp³-hybridized carbons (Fsp3) is 0.269. The third kappa shape index (κ3) is 5.64. The van der Waals surface area contributed by atoms with Crippen molar-refractivity contribution in [2.24, 2.45) is 0 Å². The number of methoxy groups -OCH3 is 1. The van der Waals surface area contributed by atoms with Crippen LogP contribution in [-0.2, 0) is 11.3 Å². The van der Waals surface area contributed by atoms with Gasteiger partial charge in [-0.25, -0.2) is 0 Å². The number of benzene rings is 3. The number of hydrogen-bond acceptors (Lipinski definition) is 3. The number of para-hydroxylation sites is 1. The van der Waals surface area contributed by atoms with E-state index in [9.17, 15) is 4.79 Å². The Bertz CT molecular complexity index is 1000. The second-order valence-electron chi connectivity index (χ2n) is 7.56. The van der Waals surface area contributed by atoms with Gasteiger partial charge in [-0.2, -0.15) is 0 Å². The highest BCUT2D eigenvalue weighted by molar-refractivity contribution is 5.97. The van der Waals surface area contributed by atoms with Gasteiger partial charge < -0.3 is 19.7 Å². The molecule has 0 aliphatic heterocycles. The summed E-state index contributed by atoms with van der Waals surface area (Å²) in [5.41, 5.74) is 3.99. The van der Waals surface area contributed by atoms with E-state index in [2.05, 4.69) is 5.32 Å². The number of nitrogens with one attached hydrogen (secondary N) is 2. The minimum Gasteiger partial charge on any atom is -0.493 e. The molecule has 2 N–H and O–H groups in total. The smallest absolute Gasteiger partial charge is 0.282 e. The molecule has 0 aliphatic rings. The second kappa shape index (κ2) is 10.6. The molecule has 0 saturated heterocycles. The van der Waals surface area contributed by atoms with Crippen LogP contribution < -0.4 is 19.7 Å². The van der Waals surface area contributed by atoms with Gasteiger partial charge in [0.15, 0.2) is 17.5 Å². The first-order valence-electron chi connectivity index (χ1n) is 10.6. The first kappa shape index (κ1) is 22.4. The lowest BCUT2D eigenvalue weighted by atomic mass is 10.0. The van der Waals surface area contributed by atoms with E-state index in [4.69, 9.17) is 9.47 Å². The Morgan fingerprint density at radius 1 is 1.00 bits per heavy atom. The molecule has 0 saturated carbocycles. The predicted molar refractivity (Wildman–Crippen MR) is 125 cm³/mol. The van der Waals surface area contributed by atoms with Crippen LogP contribution in [0.5, 0.6) is 11.5 Å². The summed E-state index contributed by atoms with van der Waals surface area (Å²) >= 11 is 0. The average Bonchev–Trinajstić information content (AvgIpc) is 2.80. The monoisotopic (exact) mass is 419 g/mol. The SMILES string of the molecule is CCOc1ccc(C[NH+](C)[C@@H](C)C(=O)Nc2ccccc2-c2ccccc2)cc1OC. The number of ether oxygens (including phenoxy) is 2. The van der Waals surface area contributed by atoms with Crippen LogP contribution in [0, 0.1) is 0 Å². The summed E-state index contributed by atoms with van der Waals surface area (Å²) in [4.78, 5) is 14.1. The van der Waals surface area contributed by atoms with E-state index in [-0.39, 0.29) is 11.9 Å². The van der Waals surface area contributed by atoms with Gasteiger partial charge in [-0.3, -0.25) is 4.79 Å². The molecule has 0 spiro atoms. The Labute approximate surface area is 184 Å². The van der Waals surface area contributed by atoms with Crippen molar-refractivity contribution < 1.29 is 19.2 Å². The zero-order valence-electron chi connectivity index (χ0n) is 18.6. The van der Waals surface area contributed by atoms with Crippen LogP contribution >= 0.6 is 0 Å². The molecule has 3 aromatic carbocycles.